The van der Waals surface area contributed by atoms with Crippen LogP contribution in [0.15, 0.2) is 33.2 Å². The van der Waals surface area contributed by atoms with Crippen LogP contribution in [0.5, 0.6) is 0 Å². The Bertz CT molecular complexity index is 705. The van der Waals surface area contributed by atoms with E-state index in [1.54, 1.807) is 10.8 Å². The minimum Gasteiger partial charge on any atom is -0.478 e. The molecule has 1 aromatic carbocycles. The number of aryl methyl sites for hydroxylation is 1. The third-order valence-corrected chi connectivity index (χ3v) is 4.47. The van der Waals surface area contributed by atoms with Crippen LogP contribution in [0.3, 0.4) is 0 Å². The van der Waals surface area contributed by atoms with Gasteiger partial charge in [-0.2, -0.15) is 5.10 Å². The number of nitrogens with zero attached hydrogens (tertiary/aromatic N) is 2. The summed E-state index contributed by atoms with van der Waals surface area (Å²) >= 11 is 6.93. The molecule has 20 heavy (non-hydrogen) atoms. The highest BCUT2D eigenvalue weighted by atomic mass is 79.9. The van der Waals surface area contributed by atoms with Crippen LogP contribution in [0, 0.1) is 13.8 Å². The molecule has 0 aliphatic carbocycles. The van der Waals surface area contributed by atoms with Gasteiger partial charge < -0.3 is 5.11 Å². The summed E-state index contributed by atoms with van der Waals surface area (Å²) < 4.78 is 3.65. The van der Waals surface area contributed by atoms with Crippen LogP contribution in [0.4, 0.5) is 0 Å². The van der Waals surface area contributed by atoms with E-state index in [1.807, 2.05) is 32.0 Å². The van der Waals surface area contributed by atoms with Gasteiger partial charge in [0, 0.05) is 16.1 Å². The average Bonchev–Trinajstić information content (AvgIpc) is 2.65. The number of carboxylic acids is 1. The molecule has 2 aromatic rings. The van der Waals surface area contributed by atoms with Gasteiger partial charge in [0.2, 0.25) is 0 Å². The number of halogens is 2. The maximum absolute atomic E-state index is 10.7. The van der Waals surface area contributed by atoms with E-state index in [-0.39, 0.29) is 0 Å². The molecule has 0 saturated carbocycles. The first kappa shape index (κ1) is 15.0. The first-order valence-corrected chi connectivity index (χ1v) is 7.41. The second kappa shape index (κ2) is 5.93. The van der Waals surface area contributed by atoms with Crippen molar-refractivity contribution in [3.63, 3.8) is 0 Å². The van der Waals surface area contributed by atoms with Gasteiger partial charge in [-0.05, 0) is 48.0 Å². The zero-order chi connectivity index (χ0) is 14.9. The van der Waals surface area contributed by atoms with Gasteiger partial charge in [-0.3, -0.25) is 0 Å². The molecule has 0 spiro atoms. The van der Waals surface area contributed by atoms with Gasteiger partial charge in [0.05, 0.1) is 21.5 Å². The Morgan fingerprint density at radius 3 is 2.60 bits per heavy atom. The average molecular weight is 400 g/mol. The molecular weight excluding hydrogens is 388 g/mol. The molecule has 0 amide bonds. The van der Waals surface area contributed by atoms with E-state index >= 15 is 0 Å². The topological polar surface area (TPSA) is 55.1 Å². The lowest BCUT2D eigenvalue weighted by Crippen LogP contribution is -2.02. The first-order chi connectivity index (χ1) is 9.40. The number of hydrogen-bond donors (Lipinski definition) is 1. The fourth-order valence-electron chi connectivity index (χ4n) is 1.86. The zero-order valence-electron chi connectivity index (χ0n) is 10.9. The lowest BCUT2D eigenvalue weighted by Gasteiger charge is -2.09. The van der Waals surface area contributed by atoms with Gasteiger partial charge in [-0.1, -0.05) is 22.0 Å². The minimum atomic E-state index is -0.978. The Morgan fingerprint density at radius 2 is 2.05 bits per heavy atom. The Labute approximate surface area is 133 Å². The molecule has 0 bridgehead atoms. The largest absolute Gasteiger partial charge is 0.478 e. The lowest BCUT2D eigenvalue weighted by molar-refractivity contribution is -0.131. The Hall–Kier alpha value is -1.40. The van der Waals surface area contributed by atoms with E-state index < -0.39 is 5.97 Å². The molecule has 2 rings (SSSR count). The molecule has 1 heterocycles. The highest BCUT2D eigenvalue weighted by Crippen LogP contribution is 2.27. The van der Waals surface area contributed by atoms with Crippen molar-refractivity contribution in [1.82, 2.24) is 9.78 Å². The monoisotopic (exact) mass is 398 g/mol. The maximum atomic E-state index is 10.7. The number of aromatic nitrogens is 2. The van der Waals surface area contributed by atoms with Gasteiger partial charge >= 0.3 is 5.97 Å². The van der Waals surface area contributed by atoms with Gasteiger partial charge in [0.25, 0.3) is 0 Å². The third kappa shape index (κ3) is 3.02. The van der Waals surface area contributed by atoms with Crippen LogP contribution in [0.25, 0.3) is 11.8 Å². The van der Waals surface area contributed by atoms with Gasteiger partial charge in [-0.25, -0.2) is 9.48 Å². The van der Waals surface area contributed by atoms with Crippen molar-refractivity contribution in [2.24, 2.45) is 0 Å². The first-order valence-electron chi connectivity index (χ1n) is 5.83. The van der Waals surface area contributed by atoms with E-state index in [2.05, 4.69) is 37.0 Å². The van der Waals surface area contributed by atoms with Crippen molar-refractivity contribution >= 4 is 43.9 Å². The molecule has 0 unspecified atom stereocenters. The number of hydrogen-bond acceptors (Lipinski definition) is 2. The summed E-state index contributed by atoms with van der Waals surface area (Å²) in [7, 11) is 0. The second-order valence-electron chi connectivity index (χ2n) is 4.27. The number of rotatable bonds is 3. The third-order valence-electron chi connectivity index (χ3n) is 2.83. The van der Waals surface area contributed by atoms with E-state index in [4.69, 9.17) is 5.11 Å². The number of benzene rings is 1. The molecule has 104 valence electrons. The predicted octanol–water partition coefficient (Wildman–Crippen LogP) is 4.11. The van der Waals surface area contributed by atoms with Crippen LogP contribution in [-0.4, -0.2) is 20.9 Å². The van der Waals surface area contributed by atoms with E-state index in [0.717, 1.165) is 37.7 Å². The number of carboxylic acid groups (broad SMARTS) is 1. The molecular formula is C14H12Br2N2O2. The quantitative estimate of drug-likeness (QED) is 0.790. The van der Waals surface area contributed by atoms with Crippen molar-refractivity contribution in [3.05, 3.63) is 50.2 Å². The SMILES string of the molecule is Cc1nn(-c2cc(Br)ccc2C=CC(=O)O)c(C)c1Br. The smallest absolute Gasteiger partial charge is 0.328 e. The summed E-state index contributed by atoms with van der Waals surface area (Å²) in [6.45, 7) is 3.87. The summed E-state index contributed by atoms with van der Waals surface area (Å²) in [4.78, 5) is 10.7. The van der Waals surface area contributed by atoms with Crippen molar-refractivity contribution in [2.45, 2.75) is 13.8 Å². The highest BCUT2D eigenvalue weighted by molar-refractivity contribution is 9.10. The lowest BCUT2D eigenvalue weighted by atomic mass is 10.1. The van der Waals surface area contributed by atoms with Gasteiger partial charge in [0.1, 0.15) is 0 Å². The summed E-state index contributed by atoms with van der Waals surface area (Å²) in [5.74, 6) is -0.978. The molecule has 0 fully saturated rings. The summed E-state index contributed by atoms with van der Waals surface area (Å²) in [6, 6.07) is 5.63. The van der Waals surface area contributed by atoms with Crippen LogP contribution < -0.4 is 0 Å². The Morgan fingerprint density at radius 1 is 1.35 bits per heavy atom. The molecule has 1 aromatic heterocycles. The fraction of sp³-hybridized carbons (Fsp3) is 0.143. The number of carbonyl (C=O) groups is 1. The summed E-state index contributed by atoms with van der Waals surface area (Å²) in [5.41, 5.74) is 3.46. The van der Waals surface area contributed by atoms with E-state index in [9.17, 15) is 4.79 Å². The minimum absolute atomic E-state index is 0.786. The predicted molar refractivity (Wildman–Crippen MR) is 85.1 cm³/mol. The van der Waals surface area contributed by atoms with Crippen LogP contribution in [0.2, 0.25) is 0 Å². The molecule has 0 atom stereocenters. The van der Waals surface area contributed by atoms with Crippen LogP contribution >= 0.6 is 31.9 Å². The second-order valence-corrected chi connectivity index (χ2v) is 5.98. The van der Waals surface area contributed by atoms with E-state index in [1.165, 1.54) is 0 Å². The van der Waals surface area contributed by atoms with Crippen LogP contribution in [-0.2, 0) is 4.79 Å². The van der Waals surface area contributed by atoms with Gasteiger partial charge in [0.15, 0.2) is 0 Å². The number of aliphatic carboxylic acids is 1. The summed E-state index contributed by atoms with van der Waals surface area (Å²) in [5, 5.41) is 13.2. The fourth-order valence-corrected chi connectivity index (χ4v) is 2.46. The molecule has 0 aliphatic heterocycles. The standard InChI is InChI=1S/C14H12Br2N2O2/c1-8-14(16)9(2)18(17-8)12-7-11(15)5-3-10(12)4-6-13(19)20/h3-7H,1-2H3,(H,19,20). The van der Waals surface area contributed by atoms with Gasteiger partial charge in [-0.15, -0.1) is 0 Å². The molecule has 4 nitrogen and oxygen atoms in total. The van der Waals surface area contributed by atoms with E-state index in [0.29, 0.717) is 0 Å². The molecule has 1 N–H and O–H groups in total. The van der Waals surface area contributed by atoms with Crippen molar-refractivity contribution < 1.29 is 9.90 Å². The molecule has 6 heteroatoms. The molecule has 0 radical (unpaired) electrons. The Balaban J connectivity index is 2.62. The molecule has 0 saturated heterocycles. The van der Waals surface area contributed by atoms with Crippen LogP contribution in [0.1, 0.15) is 17.0 Å². The van der Waals surface area contributed by atoms with Crippen molar-refractivity contribution in [3.8, 4) is 5.69 Å². The highest BCUT2D eigenvalue weighted by Gasteiger charge is 2.13. The molecule has 0 aliphatic rings. The normalized spacial score (nSPS) is 11.2. The van der Waals surface area contributed by atoms with Crippen molar-refractivity contribution in [2.75, 3.05) is 0 Å². The zero-order valence-corrected chi connectivity index (χ0v) is 14.1. The Kier molecular flexibility index (Phi) is 4.45. The summed E-state index contributed by atoms with van der Waals surface area (Å²) in [6.07, 6.45) is 2.68. The van der Waals surface area contributed by atoms with Crippen molar-refractivity contribution in [1.29, 1.82) is 0 Å². The maximum Gasteiger partial charge on any atom is 0.328 e.